The van der Waals surface area contributed by atoms with E-state index >= 15 is 4.79 Å². The Kier molecular flexibility index (Phi) is 15.3. The van der Waals surface area contributed by atoms with Gasteiger partial charge in [0.05, 0.1) is 37.3 Å². The molecule has 19 heteroatoms. The second-order valence-electron chi connectivity index (χ2n) is 20.9. The fraction of sp³-hybridized carbons (Fsp3) is 0.520. The average Bonchev–Trinajstić information content (AvgIpc) is 4.03. The maximum absolute atomic E-state index is 15.0. The molecule has 2 aromatic carbocycles. The topological polar surface area (TPSA) is 213 Å². The molecule has 4 aliphatic heterocycles. The molecule has 370 valence electrons. The normalized spacial score (nSPS) is 22.0. The summed E-state index contributed by atoms with van der Waals surface area (Å²) in [6.45, 7) is 19.3. The Morgan fingerprint density at radius 3 is 2.20 bits per heavy atom. The Balaban J connectivity index is 1.15. The molecule has 6 amide bonds. The van der Waals surface area contributed by atoms with Crippen LogP contribution in [0.1, 0.15) is 110 Å². The van der Waals surface area contributed by atoms with Gasteiger partial charge in [0.1, 0.15) is 40.7 Å². The summed E-state index contributed by atoms with van der Waals surface area (Å²) in [5.74, 6) is -2.19. The van der Waals surface area contributed by atoms with E-state index in [0.29, 0.717) is 24.5 Å². The zero-order valence-electron chi connectivity index (χ0n) is 41.1. The number of nitrogens with one attached hydrogen (secondary N) is 6. The van der Waals surface area contributed by atoms with Crippen molar-refractivity contribution < 1.29 is 28.8 Å². The number of thiazole rings is 1. The Morgan fingerprint density at radius 2 is 1.59 bits per heavy atom. The minimum Gasteiger partial charge on any atom is -0.363 e. The summed E-state index contributed by atoms with van der Waals surface area (Å²) in [4.78, 5) is 96.5. The predicted octanol–water partition coefficient (Wildman–Crippen LogP) is 5.28. The van der Waals surface area contributed by atoms with Crippen LogP contribution in [-0.4, -0.2) is 104 Å². The van der Waals surface area contributed by atoms with E-state index in [4.69, 9.17) is 4.99 Å². The third kappa shape index (κ3) is 11.8. The monoisotopic (exact) mass is 1030 g/mol. The number of aromatic nitrogens is 3. The Bertz CT molecular complexity index is 2540. The Morgan fingerprint density at radius 1 is 0.913 bits per heavy atom. The van der Waals surface area contributed by atoms with Gasteiger partial charge in [-0.1, -0.05) is 115 Å². The zero-order valence-corrected chi connectivity index (χ0v) is 43.5. The molecule has 6 N–H and O–H groups in total. The van der Waals surface area contributed by atoms with Gasteiger partial charge in [0.2, 0.25) is 35.4 Å². The maximum Gasteiger partial charge on any atom is 0.246 e. The van der Waals surface area contributed by atoms with E-state index in [1.807, 2.05) is 129 Å². The largest absolute Gasteiger partial charge is 0.363 e. The first-order chi connectivity index (χ1) is 32.5. The first kappa shape index (κ1) is 51.0. The lowest BCUT2D eigenvalue weighted by molar-refractivity contribution is -0.140. The standard InChI is InChI=1S/C50H66BrN11O6S/c1-27(2)37-43(65)59-40(49(5,6)7)42(54-26-36(64)60-22-20-28(3)39(60)45(67)56-37)58-41(50(8,9)10)46(68)57-38(29(4)30-14-12-11-13-15-30)44(66)55-33(47-52-21-23-69-47)24-35(63)53-25-34-48-61(62(34)48)32-18-16-31(51)17-19-32/h11-19,21,23,27-29,33,37-41H,20,22,24-26H2,1-10H3,(H,53,63)(H,54,58)(H,55,66)(H,56,67)(H,57,68)(H,59,65)/t28-,29+,33-,37+,38?,39+,40?,41?,61?,62?/m1/s1. The molecule has 17 nitrogen and oxygen atoms in total. The summed E-state index contributed by atoms with van der Waals surface area (Å²) in [5, 5.41) is 20.7. The third-order valence-corrected chi connectivity index (χ3v) is 14.5. The maximum atomic E-state index is 15.0. The molecule has 0 aliphatic carbocycles. The fourth-order valence-electron chi connectivity index (χ4n) is 9.01. The summed E-state index contributed by atoms with van der Waals surface area (Å²) in [6.07, 6.45) is 2.14. The van der Waals surface area contributed by atoms with Gasteiger partial charge in [-0.3, -0.25) is 33.8 Å². The predicted molar refractivity (Wildman–Crippen MR) is 269 cm³/mol. The van der Waals surface area contributed by atoms with Crippen molar-refractivity contribution in [3.63, 3.8) is 0 Å². The smallest absolute Gasteiger partial charge is 0.246 e. The number of carbonyl (C=O) groups is 6. The highest BCUT2D eigenvalue weighted by atomic mass is 79.9. The number of carbonyl (C=O) groups excluding carboxylic acids is 6. The molecule has 0 bridgehead atoms. The van der Waals surface area contributed by atoms with E-state index in [0.717, 1.165) is 27.2 Å². The third-order valence-electron chi connectivity index (χ3n) is 13.1. The summed E-state index contributed by atoms with van der Waals surface area (Å²) in [5.41, 5.74) is 1.27. The van der Waals surface area contributed by atoms with Gasteiger partial charge in [0.15, 0.2) is 5.82 Å². The molecule has 69 heavy (non-hydrogen) atoms. The Hall–Kier alpha value is -5.82. The number of fused-ring (bicyclic) bond motifs is 2. The van der Waals surface area contributed by atoms with Gasteiger partial charge in [-0.05, 0) is 58.9 Å². The molecule has 8 atom stereocenters. The molecule has 4 aliphatic rings. The molecule has 1 aromatic heterocycles. The average molecular weight is 1030 g/mol. The van der Waals surface area contributed by atoms with Crippen LogP contribution in [0.2, 0.25) is 0 Å². The first-order valence-electron chi connectivity index (χ1n) is 23.7. The van der Waals surface area contributed by atoms with Crippen molar-refractivity contribution in [1.82, 2.24) is 51.1 Å². The molecule has 3 aromatic rings. The first-order valence-corrected chi connectivity index (χ1v) is 25.3. The van der Waals surface area contributed by atoms with E-state index in [1.165, 1.54) is 11.3 Å². The lowest BCUT2D eigenvalue weighted by Gasteiger charge is -2.38. The molecule has 5 heterocycles. The highest BCUT2D eigenvalue weighted by Gasteiger charge is 2.45. The van der Waals surface area contributed by atoms with Crippen LogP contribution in [0.5, 0.6) is 0 Å². The number of benzene rings is 2. The van der Waals surface area contributed by atoms with Crippen LogP contribution in [0.3, 0.4) is 0 Å². The van der Waals surface area contributed by atoms with E-state index in [2.05, 4.69) is 57.5 Å². The second-order valence-corrected chi connectivity index (χ2v) is 22.8. The van der Waals surface area contributed by atoms with E-state index in [1.54, 1.807) is 16.5 Å². The molecule has 3 unspecified atom stereocenters. The molecular weight excluding hydrogens is 963 g/mol. The van der Waals surface area contributed by atoms with Gasteiger partial charge in [-0.2, -0.15) is 0 Å². The van der Waals surface area contributed by atoms with Crippen molar-refractivity contribution in [3.05, 3.63) is 86.9 Å². The molecule has 0 radical (unpaired) electrons. The highest BCUT2D eigenvalue weighted by molar-refractivity contribution is 9.10. The van der Waals surface area contributed by atoms with Gasteiger partial charge >= 0.3 is 0 Å². The van der Waals surface area contributed by atoms with Crippen molar-refractivity contribution in [3.8, 4) is 11.5 Å². The van der Waals surface area contributed by atoms with Crippen LogP contribution >= 0.6 is 27.3 Å². The van der Waals surface area contributed by atoms with Crippen LogP contribution in [0, 0.1) is 22.7 Å². The van der Waals surface area contributed by atoms with E-state index < -0.39 is 70.7 Å². The SMILES string of the molecule is CC(C)[C@@H]1NC(=O)[C@@H]2[C@H](C)CCN2C(=O)CN/C(=N\C(C(=O)NC(C(=O)N[C@H](CC(=O)NCc2c3n(-c4ccc(Br)cc4)n2-3)c2nccs2)[C@@H](C)c2ccccc2)C(C)(C)C)C(C(C)(C)C)NC1=O. The van der Waals surface area contributed by atoms with Gasteiger partial charge < -0.3 is 36.8 Å². The van der Waals surface area contributed by atoms with Gasteiger partial charge in [0.25, 0.3) is 0 Å². The van der Waals surface area contributed by atoms with Crippen LogP contribution in [0.25, 0.3) is 11.5 Å². The number of rotatable bonds is 14. The van der Waals surface area contributed by atoms with Gasteiger partial charge in [0, 0.05) is 28.5 Å². The molecule has 0 saturated carbocycles. The summed E-state index contributed by atoms with van der Waals surface area (Å²) >= 11 is 4.78. The number of amides is 6. The number of nitrogens with zero attached hydrogens (tertiary/aromatic N) is 5. The number of aliphatic imine (C=N–C) groups is 1. The van der Waals surface area contributed by atoms with Crippen LogP contribution < -0.4 is 31.9 Å². The quantitative estimate of drug-likeness (QED) is 0.0860. The summed E-state index contributed by atoms with van der Waals surface area (Å²) in [7, 11) is 0. The van der Waals surface area contributed by atoms with E-state index in [9.17, 15) is 24.0 Å². The minimum atomic E-state index is -1.15. The number of amidine groups is 1. The van der Waals surface area contributed by atoms with Crippen molar-refractivity contribution in [2.24, 2.45) is 27.7 Å². The summed E-state index contributed by atoms with van der Waals surface area (Å²) in [6, 6.07) is 11.7. The molecule has 7 rings (SSSR count). The van der Waals surface area contributed by atoms with Crippen molar-refractivity contribution in [2.45, 2.75) is 131 Å². The van der Waals surface area contributed by atoms with Crippen LogP contribution in [-0.2, 0) is 35.3 Å². The lowest BCUT2D eigenvalue weighted by atomic mass is 9.83. The van der Waals surface area contributed by atoms with Crippen molar-refractivity contribution in [2.75, 3.05) is 13.1 Å². The van der Waals surface area contributed by atoms with Crippen LogP contribution in [0.4, 0.5) is 0 Å². The molecule has 2 fully saturated rings. The van der Waals surface area contributed by atoms with Crippen molar-refractivity contribution >= 4 is 68.5 Å². The fourth-order valence-corrected chi connectivity index (χ4v) is 9.96. The molecule has 2 saturated heterocycles. The summed E-state index contributed by atoms with van der Waals surface area (Å²) < 4.78 is 5.07. The highest BCUT2D eigenvalue weighted by Crippen LogP contribution is 2.42. The van der Waals surface area contributed by atoms with Crippen LogP contribution in [0.15, 0.2) is 75.6 Å². The van der Waals surface area contributed by atoms with Gasteiger partial charge in [-0.15, -0.1) is 11.3 Å². The number of halogens is 1. The zero-order chi connectivity index (χ0) is 50.1. The molecular formula is C50H66BrN11O6S. The lowest BCUT2D eigenvalue weighted by Crippen LogP contribution is -2.63. The van der Waals surface area contributed by atoms with E-state index in [-0.39, 0.29) is 48.4 Å². The minimum absolute atomic E-state index is 0.0975. The second kappa shape index (κ2) is 20.6. The number of hydrogen-bond acceptors (Lipinski definition) is 9. The molecule has 0 spiro atoms. The van der Waals surface area contributed by atoms with Gasteiger partial charge in [-0.25, -0.2) is 14.3 Å². The Labute approximate surface area is 416 Å². The number of hydrogen-bond donors (Lipinski definition) is 6. The van der Waals surface area contributed by atoms with Crippen molar-refractivity contribution in [1.29, 1.82) is 0 Å².